The Bertz CT molecular complexity index is 646. The van der Waals surface area contributed by atoms with Crippen molar-refractivity contribution in [3.8, 4) is 0 Å². The molecule has 6 heteroatoms. The van der Waals surface area contributed by atoms with Gasteiger partial charge in [0, 0.05) is 25.3 Å². The Labute approximate surface area is 130 Å². The van der Waals surface area contributed by atoms with Gasteiger partial charge < -0.3 is 10.2 Å². The number of amides is 1. The zero-order valence-electron chi connectivity index (χ0n) is 11.0. The molecule has 0 saturated heterocycles. The summed E-state index contributed by atoms with van der Waals surface area (Å²) in [7, 11) is 3.80. The zero-order valence-corrected chi connectivity index (χ0v) is 13.4. The minimum absolute atomic E-state index is 0.240. The molecular formula is C14H13BrClN3O. The predicted octanol–water partition coefficient (Wildman–Crippen LogP) is 3.82. The van der Waals surface area contributed by atoms with Gasteiger partial charge in [-0.2, -0.15) is 0 Å². The topological polar surface area (TPSA) is 45.2 Å². The van der Waals surface area contributed by atoms with Crippen molar-refractivity contribution < 1.29 is 4.79 Å². The van der Waals surface area contributed by atoms with Crippen LogP contribution in [0.5, 0.6) is 0 Å². The van der Waals surface area contributed by atoms with E-state index in [2.05, 4.69) is 26.2 Å². The van der Waals surface area contributed by atoms with Crippen LogP contribution in [0, 0.1) is 0 Å². The van der Waals surface area contributed by atoms with E-state index in [1.165, 1.54) is 0 Å². The molecule has 0 radical (unpaired) electrons. The van der Waals surface area contributed by atoms with E-state index in [-0.39, 0.29) is 5.91 Å². The Balaban J connectivity index is 2.33. The molecule has 0 aliphatic carbocycles. The van der Waals surface area contributed by atoms with Crippen molar-refractivity contribution in [2.45, 2.75) is 0 Å². The SMILES string of the molecule is CN(C)c1ccc(Cl)cc1NC(=O)c1cccnc1Br. The van der Waals surface area contributed by atoms with Crippen LogP contribution in [-0.2, 0) is 0 Å². The summed E-state index contributed by atoms with van der Waals surface area (Å²) in [6, 6.07) is 8.78. The molecule has 104 valence electrons. The average Bonchev–Trinajstić information content (AvgIpc) is 2.38. The second-order valence-corrected chi connectivity index (χ2v) is 5.54. The molecule has 2 aromatic rings. The Hall–Kier alpha value is -1.59. The maximum absolute atomic E-state index is 12.3. The van der Waals surface area contributed by atoms with Crippen LogP contribution < -0.4 is 10.2 Å². The lowest BCUT2D eigenvalue weighted by Crippen LogP contribution is -2.17. The highest BCUT2D eigenvalue weighted by Crippen LogP contribution is 2.28. The van der Waals surface area contributed by atoms with Crippen molar-refractivity contribution in [2.75, 3.05) is 24.3 Å². The first-order chi connectivity index (χ1) is 9.49. The van der Waals surface area contributed by atoms with Crippen molar-refractivity contribution in [3.05, 3.63) is 51.7 Å². The van der Waals surface area contributed by atoms with E-state index in [4.69, 9.17) is 11.6 Å². The summed E-state index contributed by atoms with van der Waals surface area (Å²) in [5.41, 5.74) is 2.00. The van der Waals surface area contributed by atoms with Crippen molar-refractivity contribution in [2.24, 2.45) is 0 Å². The maximum atomic E-state index is 12.3. The summed E-state index contributed by atoms with van der Waals surface area (Å²) in [5, 5.41) is 3.42. The summed E-state index contributed by atoms with van der Waals surface area (Å²) in [6.07, 6.45) is 1.62. The Morgan fingerprint density at radius 1 is 1.35 bits per heavy atom. The van der Waals surface area contributed by atoms with Gasteiger partial charge in [-0.1, -0.05) is 11.6 Å². The molecule has 1 heterocycles. The van der Waals surface area contributed by atoms with Crippen molar-refractivity contribution >= 4 is 44.8 Å². The summed E-state index contributed by atoms with van der Waals surface area (Å²) < 4.78 is 0.505. The van der Waals surface area contributed by atoms with Crippen LogP contribution in [0.1, 0.15) is 10.4 Å². The smallest absolute Gasteiger partial charge is 0.258 e. The molecule has 1 N–H and O–H groups in total. The van der Waals surface area contributed by atoms with Gasteiger partial charge in [0.1, 0.15) is 4.60 Å². The molecule has 4 nitrogen and oxygen atoms in total. The number of anilines is 2. The average molecular weight is 355 g/mol. The van der Waals surface area contributed by atoms with Crippen molar-refractivity contribution in [3.63, 3.8) is 0 Å². The van der Waals surface area contributed by atoms with Gasteiger partial charge in [-0.05, 0) is 46.3 Å². The van der Waals surface area contributed by atoms with E-state index in [1.807, 2.05) is 25.1 Å². The highest BCUT2D eigenvalue weighted by atomic mass is 79.9. The standard InChI is InChI=1S/C14H13BrClN3O/c1-19(2)12-6-5-9(16)8-11(12)18-14(20)10-4-3-7-17-13(10)15/h3-8H,1-2H3,(H,18,20). The first kappa shape index (κ1) is 14.8. The molecule has 0 bridgehead atoms. The lowest BCUT2D eigenvalue weighted by atomic mass is 10.2. The third kappa shape index (κ3) is 3.29. The summed E-state index contributed by atoms with van der Waals surface area (Å²) in [5.74, 6) is -0.240. The Kier molecular flexibility index (Phi) is 4.62. The molecule has 0 saturated carbocycles. The summed E-state index contributed by atoms with van der Waals surface area (Å²) >= 11 is 9.25. The van der Waals surface area contributed by atoms with Gasteiger partial charge >= 0.3 is 0 Å². The van der Waals surface area contributed by atoms with E-state index in [0.29, 0.717) is 20.9 Å². The van der Waals surface area contributed by atoms with Crippen molar-refractivity contribution in [1.29, 1.82) is 0 Å². The number of aromatic nitrogens is 1. The minimum atomic E-state index is -0.240. The number of nitrogens with zero attached hydrogens (tertiary/aromatic N) is 2. The third-order valence-corrected chi connectivity index (χ3v) is 3.56. The first-order valence-electron chi connectivity index (χ1n) is 5.88. The van der Waals surface area contributed by atoms with Crippen LogP contribution in [0.25, 0.3) is 0 Å². The van der Waals surface area contributed by atoms with Gasteiger partial charge in [0.05, 0.1) is 16.9 Å². The number of nitrogens with one attached hydrogen (secondary N) is 1. The van der Waals surface area contributed by atoms with Crippen LogP contribution in [0.15, 0.2) is 41.1 Å². The number of benzene rings is 1. The lowest BCUT2D eigenvalue weighted by molar-refractivity contribution is 0.102. The fourth-order valence-electron chi connectivity index (χ4n) is 1.74. The van der Waals surface area contributed by atoms with E-state index in [0.717, 1.165) is 5.69 Å². The van der Waals surface area contributed by atoms with Crippen LogP contribution >= 0.6 is 27.5 Å². The van der Waals surface area contributed by atoms with Gasteiger partial charge in [0.2, 0.25) is 0 Å². The van der Waals surface area contributed by atoms with E-state index in [1.54, 1.807) is 30.5 Å². The lowest BCUT2D eigenvalue weighted by Gasteiger charge is -2.18. The van der Waals surface area contributed by atoms with Crippen LogP contribution in [0.4, 0.5) is 11.4 Å². The fraction of sp³-hybridized carbons (Fsp3) is 0.143. The van der Waals surface area contributed by atoms with Crippen LogP contribution in [0.2, 0.25) is 5.02 Å². The fourth-order valence-corrected chi connectivity index (χ4v) is 2.35. The molecule has 2 rings (SSSR count). The van der Waals surface area contributed by atoms with Gasteiger partial charge in [-0.15, -0.1) is 0 Å². The molecule has 1 aromatic carbocycles. The van der Waals surface area contributed by atoms with E-state index in [9.17, 15) is 4.79 Å². The number of pyridine rings is 1. The van der Waals surface area contributed by atoms with Gasteiger partial charge in [-0.3, -0.25) is 4.79 Å². The molecule has 20 heavy (non-hydrogen) atoms. The van der Waals surface area contributed by atoms with Crippen LogP contribution in [0.3, 0.4) is 0 Å². The molecule has 1 aromatic heterocycles. The highest BCUT2D eigenvalue weighted by molar-refractivity contribution is 9.10. The monoisotopic (exact) mass is 353 g/mol. The minimum Gasteiger partial charge on any atom is -0.376 e. The quantitative estimate of drug-likeness (QED) is 0.852. The Morgan fingerprint density at radius 2 is 2.10 bits per heavy atom. The number of halogens is 2. The molecule has 0 unspecified atom stereocenters. The Morgan fingerprint density at radius 3 is 2.75 bits per heavy atom. The van der Waals surface area contributed by atoms with Crippen molar-refractivity contribution in [1.82, 2.24) is 4.98 Å². The number of carbonyl (C=O) groups excluding carboxylic acids is 1. The molecule has 0 aliphatic rings. The maximum Gasteiger partial charge on any atom is 0.258 e. The normalized spacial score (nSPS) is 10.2. The number of carbonyl (C=O) groups is 1. The van der Waals surface area contributed by atoms with Gasteiger partial charge in [-0.25, -0.2) is 4.98 Å². The van der Waals surface area contributed by atoms with Gasteiger partial charge in [0.25, 0.3) is 5.91 Å². The molecular weight excluding hydrogens is 342 g/mol. The van der Waals surface area contributed by atoms with Crippen LogP contribution in [-0.4, -0.2) is 25.0 Å². The molecule has 0 atom stereocenters. The molecule has 0 fully saturated rings. The number of rotatable bonds is 3. The molecule has 1 amide bonds. The predicted molar refractivity (Wildman–Crippen MR) is 85.7 cm³/mol. The number of hydrogen-bond acceptors (Lipinski definition) is 3. The highest BCUT2D eigenvalue weighted by Gasteiger charge is 2.13. The first-order valence-corrected chi connectivity index (χ1v) is 7.05. The largest absolute Gasteiger partial charge is 0.376 e. The molecule has 0 aliphatic heterocycles. The van der Waals surface area contributed by atoms with E-state index < -0.39 is 0 Å². The second-order valence-electron chi connectivity index (χ2n) is 4.35. The summed E-state index contributed by atoms with van der Waals surface area (Å²) in [4.78, 5) is 18.2. The second kappa shape index (κ2) is 6.24. The zero-order chi connectivity index (χ0) is 14.7. The summed E-state index contributed by atoms with van der Waals surface area (Å²) in [6.45, 7) is 0. The van der Waals surface area contributed by atoms with Gasteiger partial charge in [0.15, 0.2) is 0 Å². The van der Waals surface area contributed by atoms with E-state index >= 15 is 0 Å². The third-order valence-electron chi connectivity index (χ3n) is 2.69. The number of hydrogen-bond donors (Lipinski definition) is 1. The molecule has 0 spiro atoms.